The van der Waals surface area contributed by atoms with Gasteiger partial charge in [-0.25, -0.2) is 4.79 Å². The van der Waals surface area contributed by atoms with Crippen molar-refractivity contribution >= 4 is 43.3 Å². The minimum Gasteiger partial charge on any atom is -0.497 e. The molecule has 0 spiro atoms. The van der Waals surface area contributed by atoms with Crippen LogP contribution in [-0.2, 0) is 15.1 Å². The summed E-state index contributed by atoms with van der Waals surface area (Å²) in [7, 11) is -3.16. The van der Waals surface area contributed by atoms with E-state index in [0.29, 0.717) is 15.6 Å². The van der Waals surface area contributed by atoms with E-state index in [4.69, 9.17) is 31.4 Å². The molecule has 0 saturated heterocycles. The average molecular weight is 425 g/mol. The van der Waals surface area contributed by atoms with Crippen molar-refractivity contribution in [3.8, 4) is 5.75 Å². The Morgan fingerprint density at radius 3 is 2.38 bits per heavy atom. The van der Waals surface area contributed by atoms with Gasteiger partial charge in [-0.05, 0) is 35.0 Å². The van der Waals surface area contributed by atoms with E-state index in [2.05, 4.69) is 15.9 Å². The van der Waals surface area contributed by atoms with E-state index in [1.54, 1.807) is 19.1 Å². The molecule has 0 saturated carbocycles. The average Bonchev–Trinajstić information content (AvgIpc) is 2.46. The third-order valence-electron chi connectivity index (χ3n) is 2.47. The molecule has 24 heavy (non-hydrogen) atoms. The number of methoxy groups -OCH3 is 1. The molecule has 0 bridgehead atoms. The van der Waals surface area contributed by atoms with Crippen molar-refractivity contribution in [1.29, 1.82) is 0 Å². The van der Waals surface area contributed by atoms with Crippen LogP contribution >= 0.6 is 15.9 Å². The maximum absolute atomic E-state index is 12.0. The van der Waals surface area contributed by atoms with E-state index in [0.717, 1.165) is 6.07 Å². The molecule has 2 N–H and O–H groups in total. The first kappa shape index (κ1) is 20.1. The molecule has 11 heteroatoms. The van der Waals surface area contributed by atoms with Gasteiger partial charge in [0.15, 0.2) is 11.0 Å². The smallest absolute Gasteiger partial charge is 0.394 e. The van der Waals surface area contributed by atoms with Crippen molar-refractivity contribution in [3.63, 3.8) is 0 Å². The quantitative estimate of drug-likeness (QED) is 0.559. The Bertz CT molecular complexity index is 894. The van der Waals surface area contributed by atoms with E-state index in [1.807, 2.05) is 0 Å². The van der Waals surface area contributed by atoms with Gasteiger partial charge in [-0.15, -0.1) is 0 Å². The molecule has 0 atom stereocenters. The molecule has 0 radical (unpaired) electrons. The summed E-state index contributed by atoms with van der Waals surface area (Å²) in [5, 5.41) is 0.333. The summed E-state index contributed by atoms with van der Waals surface area (Å²) in [5.74, 6) is -0.259. The van der Waals surface area contributed by atoms with Crippen molar-refractivity contribution in [1.82, 2.24) is 0 Å². The molecule has 0 aliphatic carbocycles. The summed E-state index contributed by atoms with van der Waals surface area (Å²) in [6.07, 6.45) is 0. The van der Waals surface area contributed by atoms with Crippen LogP contribution in [0, 0.1) is 0 Å². The fourth-order valence-electron chi connectivity index (χ4n) is 1.61. The Morgan fingerprint density at radius 1 is 1.29 bits per heavy atom. The molecule has 1 aromatic heterocycles. The van der Waals surface area contributed by atoms with Gasteiger partial charge in [-0.1, -0.05) is 0 Å². The lowest BCUT2D eigenvalue weighted by Gasteiger charge is -2.06. The van der Waals surface area contributed by atoms with Crippen molar-refractivity contribution in [2.24, 2.45) is 0 Å². The predicted octanol–water partition coefficient (Wildman–Crippen LogP) is 2.09. The van der Waals surface area contributed by atoms with Gasteiger partial charge in [0, 0.05) is 6.07 Å². The van der Waals surface area contributed by atoms with E-state index in [-0.39, 0.29) is 23.4 Å². The fraction of sp³-hybridized carbons (Fsp3) is 0.231. The zero-order valence-corrected chi connectivity index (χ0v) is 14.9. The number of benzene rings is 1. The topological polar surface area (TPSA) is 140 Å². The van der Waals surface area contributed by atoms with Gasteiger partial charge < -0.3 is 13.9 Å². The third kappa shape index (κ3) is 5.92. The van der Waals surface area contributed by atoms with Gasteiger partial charge >= 0.3 is 16.4 Å². The second kappa shape index (κ2) is 8.24. The molecule has 0 aliphatic rings. The summed E-state index contributed by atoms with van der Waals surface area (Å²) in [5.41, 5.74) is -0.0414. The Morgan fingerprint density at radius 2 is 1.88 bits per heavy atom. The number of rotatable bonds is 3. The summed E-state index contributed by atoms with van der Waals surface area (Å²) in [4.78, 5) is 23.6. The van der Waals surface area contributed by atoms with E-state index in [9.17, 15) is 9.59 Å². The van der Waals surface area contributed by atoms with Crippen LogP contribution in [0.25, 0.3) is 11.0 Å². The minimum absolute atomic E-state index is 0.120. The SMILES string of the molecule is CCOC(=O)c1cc(=O)c2cc(OC)cc(Br)c2o1.O=S(=O)(O)O. The van der Waals surface area contributed by atoms with Crippen LogP contribution in [0.1, 0.15) is 17.5 Å². The largest absolute Gasteiger partial charge is 0.497 e. The fourth-order valence-corrected chi connectivity index (χ4v) is 2.13. The monoisotopic (exact) mass is 424 g/mol. The molecule has 2 aromatic rings. The number of esters is 1. The third-order valence-corrected chi connectivity index (χ3v) is 3.06. The van der Waals surface area contributed by atoms with Crippen LogP contribution in [0.5, 0.6) is 5.75 Å². The molecule has 1 heterocycles. The lowest BCUT2D eigenvalue weighted by molar-refractivity contribution is 0.0490. The molecule has 1 aromatic carbocycles. The van der Waals surface area contributed by atoms with E-state index >= 15 is 0 Å². The number of fused-ring (bicyclic) bond motifs is 1. The Labute approximate surface area is 144 Å². The summed E-state index contributed by atoms with van der Waals surface area (Å²) in [6, 6.07) is 4.33. The molecule has 0 aliphatic heterocycles. The molecule has 132 valence electrons. The number of carbonyl (C=O) groups is 1. The maximum atomic E-state index is 12.0. The van der Waals surface area contributed by atoms with Gasteiger partial charge in [-0.2, -0.15) is 8.42 Å². The lowest BCUT2D eigenvalue weighted by Crippen LogP contribution is -2.10. The molecule has 0 unspecified atom stereocenters. The number of carbonyl (C=O) groups excluding carboxylic acids is 1. The second-order valence-corrected chi connectivity index (χ2v) is 5.88. The Balaban J connectivity index is 0.000000505. The number of ether oxygens (including phenoxy) is 2. The second-order valence-electron chi connectivity index (χ2n) is 4.13. The van der Waals surface area contributed by atoms with Crippen LogP contribution in [0.4, 0.5) is 0 Å². The number of hydrogen-bond donors (Lipinski definition) is 2. The van der Waals surface area contributed by atoms with Gasteiger partial charge in [0.25, 0.3) is 0 Å². The van der Waals surface area contributed by atoms with Gasteiger partial charge in [0.05, 0.1) is 23.6 Å². The Kier molecular flexibility index (Phi) is 6.90. The summed E-state index contributed by atoms with van der Waals surface area (Å²) in [6.45, 7) is 1.89. The molecular formula is C13H13BrO9S. The number of hydrogen-bond acceptors (Lipinski definition) is 7. The van der Waals surface area contributed by atoms with Gasteiger partial charge in [-0.3, -0.25) is 13.9 Å². The maximum Gasteiger partial charge on any atom is 0.394 e. The van der Waals surface area contributed by atoms with Crippen LogP contribution in [0.2, 0.25) is 0 Å². The molecule has 9 nitrogen and oxygen atoms in total. The van der Waals surface area contributed by atoms with E-state index in [1.165, 1.54) is 7.11 Å². The molecule has 0 amide bonds. The standard InChI is InChI=1S/C13H11BrO5.H2O4S/c1-3-18-13(16)11-6-10(15)8-4-7(17-2)5-9(14)12(8)19-11;1-5(2,3)4/h4-6H,3H2,1-2H3;(H2,1,2,3,4). The van der Waals surface area contributed by atoms with Crippen LogP contribution in [-0.4, -0.2) is 37.2 Å². The minimum atomic E-state index is -4.67. The van der Waals surface area contributed by atoms with Crippen molar-refractivity contribution in [3.05, 3.63) is 38.7 Å². The molecular weight excluding hydrogens is 412 g/mol. The normalized spacial score (nSPS) is 10.7. The predicted molar refractivity (Wildman–Crippen MR) is 86.9 cm³/mol. The zero-order valence-electron chi connectivity index (χ0n) is 12.5. The molecule has 0 fully saturated rings. The highest BCUT2D eigenvalue weighted by Crippen LogP contribution is 2.28. The highest BCUT2D eigenvalue weighted by Gasteiger charge is 2.15. The van der Waals surface area contributed by atoms with Crippen molar-refractivity contribution < 1.29 is 36.2 Å². The summed E-state index contributed by atoms with van der Waals surface area (Å²) >= 11 is 3.28. The highest BCUT2D eigenvalue weighted by molar-refractivity contribution is 9.10. The van der Waals surface area contributed by atoms with Gasteiger partial charge in [0.2, 0.25) is 5.76 Å². The first-order valence-corrected chi connectivity index (χ1v) is 8.44. The highest BCUT2D eigenvalue weighted by atomic mass is 79.9. The van der Waals surface area contributed by atoms with Crippen molar-refractivity contribution in [2.45, 2.75) is 6.92 Å². The zero-order chi connectivity index (χ0) is 18.5. The van der Waals surface area contributed by atoms with Crippen molar-refractivity contribution in [2.75, 3.05) is 13.7 Å². The van der Waals surface area contributed by atoms with Crippen LogP contribution < -0.4 is 10.2 Å². The van der Waals surface area contributed by atoms with E-state index < -0.39 is 16.4 Å². The Hall–Kier alpha value is -1.95. The first-order valence-electron chi connectivity index (χ1n) is 6.25. The van der Waals surface area contributed by atoms with Gasteiger partial charge in [0.1, 0.15) is 5.75 Å². The van der Waals surface area contributed by atoms with Crippen LogP contribution in [0.15, 0.2) is 31.9 Å². The molecule has 2 rings (SSSR count). The first-order chi connectivity index (χ1) is 11.1. The number of halogens is 1. The summed E-state index contributed by atoms with van der Waals surface area (Å²) < 4.78 is 47.4. The van der Waals surface area contributed by atoms with Crippen LogP contribution in [0.3, 0.4) is 0 Å². The lowest BCUT2D eigenvalue weighted by atomic mass is 10.2.